The molecule has 1 amide bonds. The van der Waals surface area contributed by atoms with Crippen LogP contribution in [0, 0.1) is 17.0 Å². The summed E-state index contributed by atoms with van der Waals surface area (Å²) in [5.41, 5.74) is 2.06. The van der Waals surface area contributed by atoms with Crippen molar-refractivity contribution in [2.45, 2.75) is 13.5 Å². The topological polar surface area (TPSA) is 95.1 Å². The second-order valence-electron chi connectivity index (χ2n) is 6.30. The summed E-state index contributed by atoms with van der Waals surface area (Å²) in [6.45, 7) is 2.64. The summed E-state index contributed by atoms with van der Waals surface area (Å²) in [4.78, 5) is 23.9. The summed E-state index contributed by atoms with van der Waals surface area (Å²) in [6.07, 6.45) is 0. The second-order valence-corrected chi connectivity index (χ2v) is 6.30. The van der Waals surface area contributed by atoms with Crippen molar-refractivity contribution >= 4 is 17.3 Å². The molecule has 0 radical (unpaired) electrons. The van der Waals surface area contributed by atoms with Gasteiger partial charge in [0.25, 0.3) is 5.91 Å². The molecular formula is C19H24N3O5+. The lowest BCUT2D eigenvalue weighted by atomic mass is 10.1. The van der Waals surface area contributed by atoms with Gasteiger partial charge in [0.1, 0.15) is 12.3 Å². The Morgan fingerprint density at radius 2 is 1.85 bits per heavy atom. The number of carbonyl (C=O) groups is 1. The third-order valence-electron chi connectivity index (χ3n) is 4.12. The molecule has 1 atom stereocenters. The molecule has 0 saturated carbocycles. The van der Waals surface area contributed by atoms with Crippen molar-refractivity contribution in [2.24, 2.45) is 0 Å². The van der Waals surface area contributed by atoms with E-state index in [1.165, 1.54) is 19.2 Å². The van der Waals surface area contributed by atoms with Crippen LogP contribution in [0.25, 0.3) is 0 Å². The summed E-state index contributed by atoms with van der Waals surface area (Å²) >= 11 is 0. The van der Waals surface area contributed by atoms with Crippen molar-refractivity contribution in [1.29, 1.82) is 0 Å². The Balaban J connectivity index is 2.00. The molecule has 0 saturated heterocycles. The van der Waals surface area contributed by atoms with Gasteiger partial charge in [0.2, 0.25) is 0 Å². The van der Waals surface area contributed by atoms with Gasteiger partial charge in [-0.2, -0.15) is 0 Å². The first-order valence-corrected chi connectivity index (χ1v) is 8.41. The van der Waals surface area contributed by atoms with Crippen molar-refractivity contribution < 1.29 is 24.1 Å². The minimum Gasteiger partial charge on any atom is -0.497 e. The molecule has 2 N–H and O–H groups in total. The highest BCUT2D eigenvalue weighted by atomic mass is 16.6. The lowest BCUT2D eigenvalue weighted by molar-refractivity contribution is -0.885. The van der Waals surface area contributed by atoms with E-state index >= 15 is 0 Å². The zero-order chi connectivity index (χ0) is 20.0. The molecule has 27 heavy (non-hydrogen) atoms. The number of nitro groups is 1. The number of hydrogen-bond acceptors (Lipinski definition) is 5. The van der Waals surface area contributed by atoms with Crippen LogP contribution in [-0.4, -0.2) is 38.6 Å². The molecule has 0 aromatic heterocycles. The standard InChI is InChI=1S/C19H23N3O5/c1-13-9-17(22(24)25)18(27-4)10-16(13)20-19(23)12-21(2)11-14-5-7-15(26-3)8-6-14/h5-10H,11-12H2,1-4H3,(H,20,23)/p+1. The van der Waals surface area contributed by atoms with E-state index in [0.29, 0.717) is 17.8 Å². The van der Waals surface area contributed by atoms with Gasteiger partial charge in [-0.05, 0) is 36.8 Å². The fourth-order valence-electron chi connectivity index (χ4n) is 2.74. The lowest BCUT2D eigenvalue weighted by Gasteiger charge is -2.15. The average molecular weight is 374 g/mol. The number of methoxy groups -OCH3 is 2. The second kappa shape index (κ2) is 9.00. The number of hydrogen-bond donors (Lipinski definition) is 2. The van der Waals surface area contributed by atoms with E-state index in [9.17, 15) is 14.9 Å². The van der Waals surface area contributed by atoms with Gasteiger partial charge in [0.15, 0.2) is 12.3 Å². The van der Waals surface area contributed by atoms with Crippen LogP contribution >= 0.6 is 0 Å². The normalized spacial score (nSPS) is 11.6. The number of amides is 1. The van der Waals surface area contributed by atoms with Crippen LogP contribution < -0.4 is 19.7 Å². The number of anilines is 1. The van der Waals surface area contributed by atoms with Gasteiger partial charge in [0, 0.05) is 23.4 Å². The van der Waals surface area contributed by atoms with Crippen molar-refractivity contribution in [2.75, 3.05) is 33.1 Å². The van der Waals surface area contributed by atoms with Crippen LogP contribution in [0.5, 0.6) is 11.5 Å². The Kier molecular flexibility index (Phi) is 6.73. The van der Waals surface area contributed by atoms with Crippen molar-refractivity contribution in [3.05, 3.63) is 57.6 Å². The Hall–Kier alpha value is -3.13. The number of benzene rings is 2. The zero-order valence-corrected chi connectivity index (χ0v) is 15.9. The minimum atomic E-state index is -0.510. The van der Waals surface area contributed by atoms with E-state index in [0.717, 1.165) is 16.2 Å². The molecular weight excluding hydrogens is 350 g/mol. The van der Waals surface area contributed by atoms with Crippen LogP contribution in [0.15, 0.2) is 36.4 Å². The quantitative estimate of drug-likeness (QED) is 0.540. The smallest absolute Gasteiger partial charge is 0.311 e. The van der Waals surface area contributed by atoms with Gasteiger partial charge in [-0.3, -0.25) is 14.9 Å². The minimum absolute atomic E-state index is 0.111. The molecule has 2 aromatic carbocycles. The number of rotatable bonds is 8. The number of ether oxygens (including phenoxy) is 2. The van der Waals surface area contributed by atoms with Crippen LogP contribution in [0.1, 0.15) is 11.1 Å². The van der Waals surface area contributed by atoms with Crippen LogP contribution in [0.3, 0.4) is 0 Å². The van der Waals surface area contributed by atoms with Gasteiger partial charge in [0.05, 0.1) is 26.2 Å². The van der Waals surface area contributed by atoms with Crippen molar-refractivity contribution in [3.63, 3.8) is 0 Å². The first-order valence-electron chi connectivity index (χ1n) is 8.41. The Morgan fingerprint density at radius 1 is 1.19 bits per heavy atom. The number of carbonyl (C=O) groups excluding carboxylic acids is 1. The highest BCUT2D eigenvalue weighted by molar-refractivity contribution is 5.92. The molecule has 1 unspecified atom stereocenters. The summed E-state index contributed by atoms with van der Waals surface area (Å²) < 4.78 is 10.2. The Bertz CT molecular complexity index is 821. The number of quaternary nitrogens is 1. The first-order chi connectivity index (χ1) is 12.8. The molecule has 0 bridgehead atoms. The molecule has 0 aliphatic heterocycles. The van der Waals surface area contributed by atoms with Crippen LogP contribution in [0.4, 0.5) is 11.4 Å². The van der Waals surface area contributed by atoms with E-state index in [1.807, 2.05) is 31.3 Å². The van der Waals surface area contributed by atoms with Gasteiger partial charge in [-0.25, -0.2) is 0 Å². The number of nitro benzene ring substituents is 1. The van der Waals surface area contributed by atoms with E-state index in [4.69, 9.17) is 9.47 Å². The summed E-state index contributed by atoms with van der Waals surface area (Å²) in [5, 5.41) is 13.9. The molecule has 8 nitrogen and oxygen atoms in total. The lowest BCUT2D eigenvalue weighted by Crippen LogP contribution is -3.08. The number of nitrogens with one attached hydrogen (secondary N) is 2. The zero-order valence-electron chi connectivity index (χ0n) is 15.9. The summed E-state index contributed by atoms with van der Waals surface area (Å²) in [5.74, 6) is 0.719. The molecule has 0 heterocycles. The number of aryl methyl sites for hydroxylation is 1. The fourth-order valence-corrected chi connectivity index (χ4v) is 2.74. The Morgan fingerprint density at radius 3 is 2.41 bits per heavy atom. The van der Waals surface area contributed by atoms with Gasteiger partial charge in [-0.15, -0.1) is 0 Å². The van der Waals surface area contributed by atoms with Crippen LogP contribution in [0.2, 0.25) is 0 Å². The maximum absolute atomic E-state index is 12.4. The molecule has 8 heteroatoms. The molecule has 0 aliphatic rings. The fraction of sp³-hybridized carbons (Fsp3) is 0.316. The summed E-state index contributed by atoms with van der Waals surface area (Å²) in [7, 11) is 4.90. The monoisotopic (exact) mass is 374 g/mol. The maximum Gasteiger partial charge on any atom is 0.311 e. The predicted octanol–water partition coefficient (Wildman–Crippen LogP) is 1.57. The van der Waals surface area contributed by atoms with E-state index in [1.54, 1.807) is 14.0 Å². The van der Waals surface area contributed by atoms with Gasteiger partial charge >= 0.3 is 5.69 Å². The van der Waals surface area contributed by atoms with E-state index in [-0.39, 0.29) is 23.9 Å². The highest BCUT2D eigenvalue weighted by Crippen LogP contribution is 2.32. The highest BCUT2D eigenvalue weighted by Gasteiger charge is 2.19. The molecule has 0 aliphatic carbocycles. The molecule has 2 rings (SSSR count). The van der Waals surface area contributed by atoms with Crippen LogP contribution in [-0.2, 0) is 11.3 Å². The average Bonchev–Trinajstić information content (AvgIpc) is 2.63. The third kappa shape index (κ3) is 5.42. The SMILES string of the molecule is COc1ccc(C[NH+](C)CC(=O)Nc2cc(OC)c([N+](=O)[O-])cc2C)cc1. The number of nitrogens with zero attached hydrogens (tertiary/aromatic N) is 1. The van der Waals surface area contributed by atoms with Crippen molar-refractivity contribution in [1.82, 2.24) is 0 Å². The third-order valence-corrected chi connectivity index (χ3v) is 4.12. The van der Waals surface area contributed by atoms with Gasteiger partial charge in [-0.1, -0.05) is 0 Å². The molecule has 2 aromatic rings. The van der Waals surface area contributed by atoms with E-state index < -0.39 is 4.92 Å². The Labute approximate surface area is 157 Å². The summed E-state index contributed by atoms with van der Waals surface area (Å²) in [6, 6.07) is 10.6. The largest absolute Gasteiger partial charge is 0.497 e. The molecule has 144 valence electrons. The van der Waals surface area contributed by atoms with Crippen molar-refractivity contribution in [3.8, 4) is 11.5 Å². The molecule has 0 fully saturated rings. The van der Waals surface area contributed by atoms with E-state index in [2.05, 4.69) is 5.32 Å². The first kappa shape index (κ1) is 20.2. The van der Waals surface area contributed by atoms with Gasteiger partial charge < -0.3 is 19.7 Å². The maximum atomic E-state index is 12.4. The molecule has 0 spiro atoms. The number of likely N-dealkylation sites (N-methyl/N-ethyl adjacent to an activating group) is 1. The predicted molar refractivity (Wildman–Crippen MR) is 101 cm³/mol.